The molecule has 1 amide bonds. The maximum absolute atomic E-state index is 11.9. The van der Waals surface area contributed by atoms with Gasteiger partial charge in [0, 0.05) is 18.5 Å². The van der Waals surface area contributed by atoms with Crippen LogP contribution in [0.5, 0.6) is 0 Å². The van der Waals surface area contributed by atoms with Gasteiger partial charge >= 0.3 is 0 Å². The second-order valence-electron chi connectivity index (χ2n) is 4.92. The van der Waals surface area contributed by atoms with E-state index in [4.69, 9.17) is 4.52 Å². The summed E-state index contributed by atoms with van der Waals surface area (Å²) in [5, 5.41) is 4.03. The molecule has 0 aliphatic carbocycles. The molecule has 0 saturated carbocycles. The zero-order valence-corrected chi connectivity index (χ0v) is 11.5. The van der Waals surface area contributed by atoms with Gasteiger partial charge in [0.15, 0.2) is 0 Å². The molecule has 104 valence electrons. The molecule has 0 radical (unpaired) electrons. The Morgan fingerprint density at radius 2 is 2.20 bits per heavy atom. The fourth-order valence-electron chi connectivity index (χ4n) is 2.60. The van der Waals surface area contributed by atoms with E-state index in [2.05, 4.69) is 10.1 Å². The summed E-state index contributed by atoms with van der Waals surface area (Å²) < 4.78 is 5.37. The summed E-state index contributed by atoms with van der Waals surface area (Å²) in [6.45, 7) is 2.65. The van der Waals surface area contributed by atoms with Crippen LogP contribution in [-0.2, 0) is 4.79 Å². The van der Waals surface area contributed by atoms with Crippen molar-refractivity contribution in [3.05, 3.63) is 36.2 Å². The van der Waals surface area contributed by atoms with Crippen LogP contribution in [0.4, 0.5) is 0 Å². The van der Waals surface area contributed by atoms with E-state index in [0.29, 0.717) is 18.1 Å². The van der Waals surface area contributed by atoms with Gasteiger partial charge in [-0.2, -0.15) is 4.98 Å². The third-order valence-electron chi connectivity index (χ3n) is 3.63. The summed E-state index contributed by atoms with van der Waals surface area (Å²) in [5.74, 6) is 1.27. The molecule has 1 aromatic heterocycles. The highest BCUT2D eigenvalue weighted by Crippen LogP contribution is 2.32. The predicted octanol–water partition coefficient (Wildman–Crippen LogP) is 2.81. The summed E-state index contributed by atoms with van der Waals surface area (Å²) in [4.78, 5) is 18.2. The molecule has 1 fully saturated rings. The number of hydrogen-bond acceptors (Lipinski definition) is 4. The summed E-state index contributed by atoms with van der Waals surface area (Å²) in [7, 11) is 0. The minimum absolute atomic E-state index is 0.0626. The number of aromatic nitrogens is 2. The van der Waals surface area contributed by atoms with E-state index < -0.39 is 0 Å². The van der Waals surface area contributed by atoms with Gasteiger partial charge in [-0.3, -0.25) is 4.79 Å². The Hall–Kier alpha value is -2.17. The third kappa shape index (κ3) is 2.31. The lowest BCUT2D eigenvalue weighted by Crippen LogP contribution is -2.29. The first-order valence-electron chi connectivity index (χ1n) is 6.98. The van der Waals surface area contributed by atoms with E-state index in [1.54, 1.807) is 0 Å². The van der Waals surface area contributed by atoms with Crippen molar-refractivity contribution >= 4 is 5.91 Å². The van der Waals surface area contributed by atoms with Gasteiger partial charge in [0.05, 0.1) is 0 Å². The molecule has 2 heterocycles. The lowest BCUT2D eigenvalue weighted by molar-refractivity contribution is -0.132. The summed E-state index contributed by atoms with van der Waals surface area (Å²) in [6.07, 6.45) is 2.39. The molecule has 5 heteroatoms. The van der Waals surface area contributed by atoms with E-state index in [9.17, 15) is 4.79 Å². The molecule has 3 rings (SSSR count). The van der Waals surface area contributed by atoms with Gasteiger partial charge in [0.2, 0.25) is 17.6 Å². The molecule has 0 N–H and O–H groups in total. The highest BCUT2D eigenvalue weighted by molar-refractivity contribution is 5.76. The maximum atomic E-state index is 11.9. The highest BCUT2D eigenvalue weighted by Gasteiger charge is 2.33. The molecule has 1 unspecified atom stereocenters. The largest absolute Gasteiger partial charge is 0.337 e. The maximum Gasteiger partial charge on any atom is 0.249 e. The third-order valence-corrected chi connectivity index (χ3v) is 3.63. The SMILES string of the molecule is CCC(=O)N1CCCC1c1nc(-c2ccccc2)no1. The Labute approximate surface area is 117 Å². The van der Waals surface area contributed by atoms with E-state index in [1.165, 1.54) is 0 Å². The average molecular weight is 271 g/mol. The topological polar surface area (TPSA) is 59.2 Å². The molecule has 1 aliphatic rings. The number of carbonyl (C=O) groups excluding carboxylic acids is 1. The van der Waals surface area contributed by atoms with Crippen molar-refractivity contribution < 1.29 is 9.32 Å². The van der Waals surface area contributed by atoms with Crippen LogP contribution in [0.3, 0.4) is 0 Å². The van der Waals surface area contributed by atoms with E-state index in [1.807, 2.05) is 42.2 Å². The highest BCUT2D eigenvalue weighted by atomic mass is 16.5. The van der Waals surface area contributed by atoms with Gasteiger partial charge in [-0.05, 0) is 12.8 Å². The Kier molecular flexibility index (Phi) is 3.50. The Morgan fingerprint density at radius 3 is 2.95 bits per heavy atom. The summed E-state index contributed by atoms with van der Waals surface area (Å²) >= 11 is 0. The lowest BCUT2D eigenvalue weighted by atomic mass is 10.2. The van der Waals surface area contributed by atoms with E-state index in [0.717, 1.165) is 24.9 Å². The first kappa shape index (κ1) is 12.8. The van der Waals surface area contributed by atoms with Crippen LogP contribution in [0, 0.1) is 0 Å². The van der Waals surface area contributed by atoms with Crippen LogP contribution in [0.2, 0.25) is 0 Å². The summed E-state index contributed by atoms with van der Waals surface area (Å²) in [6, 6.07) is 9.65. The zero-order valence-electron chi connectivity index (χ0n) is 11.5. The second kappa shape index (κ2) is 5.45. The number of carbonyl (C=O) groups is 1. The standard InChI is InChI=1S/C15H17N3O2/c1-2-13(19)18-10-6-9-12(18)15-16-14(17-20-15)11-7-4-3-5-8-11/h3-5,7-8,12H,2,6,9-10H2,1H3. The molecule has 1 aromatic carbocycles. The van der Waals surface area contributed by atoms with Crippen molar-refractivity contribution in [2.75, 3.05) is 6.54 Å². The molecule has 0 spiro atoms. The fourth-order valence-corrected chi connectivity index (χ4v) is 2.60. The van der Waals surface area contributed by atoms with Crippen molar-refractivity contribution in [1.29, 1.82) is 0 Å². The first-order valence-corrected chi connectivity index (χ1v) is 6.98. The molecular weight excluding hydrogens is 254 g/mol. The van der Waals surface area contributed by atoms with E-state index in [-0.39, 0.29) is 11.9 Å². The molecule has 2 aromatic rings. The molecule has 1 saturated heterocycles. The monoisotopic (exact) mass is 271 g/mol. The van der Waals surface area contributed by atoms with Crippen molar-refractivity contribution in [1.82, 2.24) is 15.0 Å². The van der Waals surface area contributed by atoms with Gasteiger partial charge in [-0.15, -0.1) is 0 Å². The molecule has 1 atom stereocenters. The van der Waals surface area contributed by atoms with Gasteiger partial charge in [0.1, 0.15) is 6.04 Å². The Bertz CT molecular complexity index is 594. The molecular formula is C15H17N3O2. The summed E-state index contributed by atoms with van der Waals surface area (Å²) in [5.41, 5.74) is 0.925. The normalized spacial score (nSPS) is 18.4. The average Bonchev–Trinajstić information content (AvgIpc) is 3.15. The number of amides is 1. The van der Waals surface area contributed by atoms with Crippen LogP contribution in [0.1, 0.15) is 38.1 Å². The minimum Gasteiger partial charge on any atom is -0.337 e. The molecule has 0 bridgehead atoms. The number of hydrogen-bond donors (Lipinski definition) is 0. The first-order chi connectivity index (χ1) is 9.79. The zero-order chi connectivity index (χ0) is 13.9. The minimum atomic E-state index is -0.0626. The number of rotatable bonds is 3. The predicted molar refractivity (Wildman–Crippen MR) is 73.7 cm³/mol. The number of likely N-dealkylation sites (tertiary alicyclic amines) is 1. The fraction of sp³-hybridized carbons (Fsp3) is 0.400. The van der Waals surface area contributed by atoms with Crippen molar-refractivity contribution in [2.24, 2.45) is 0 Å². The van der Waals surface area contributed by atoms with Gasteiger partial charge in [-0.25, -0.2) is 0 Å². The number of nitrogens with zero attached hydrogens (tertiary/aromatic N) is 3. The molecule has 1 aliphatic heterocycles. The molecule has 20 heavy (non-hydrogen) atoms. The second-order valence-corrected chi connectivity index (χ2v) is 4.92. The van der Waals surface area contributed by atoms with Crippen molar-refractivity contribution in [3.8, 4) is 11.4 Å². The lowest BCUT2D eigenvalue weighted by Gasteiger charge is -2.20. The van der Waals surface area contributed by atoms with Gasteiger partial charge < -0.3 is 9.42 Å². The van der Waals surface area contributed by atoms with Crippen molar-refractivity contribution in [2.45, 2.75) is 32.2 Å². The van der Waals surface area contributed by atoms with Gasteiger partial charge in [-0.1, -0.05) is 42.4 Å². The van der Waals surface area contributed by atoms with Crippen LogP contribution in [-0.4, -0.2) is 27.5 Å². The van der Waals surface area contributed by atoms with Crippen LogP contribution >= 0.6 is 0 Å². The number of benzene rings is 1. The van der Waals surface area contributed by atoms with Crippen LogP contribution < -0.4 is 0 Å². The van der Waals surface area contributed by atoms with Crippen LogP contribution in [0.25, 0.3) is 11.4 Å². The molecule has 5 nitrogen and oxygen atoms in total. The van der Waals surface area contributed by atoms with Crippen molar-refractivity contribution in [3.63, 3.8) is 0 Å². The van der Waals surface area contributed by atoms with Crippen LogP contribution in [0.15, 0.2) is 34.9 Å². The van der Waals surface area contributed by atoms with Gasteiger partial charge in [0.25, 0.3) is 0 Å². The Morgan fingerprint density at radius 1 is 1.40 bits per heavy atom. The Balaban J connectivity index is 1.85. The van der Waals surface area contributed by atoms with E-state index >= 15 is 0 Å². The quantitative estimate of drug-likeness (QED) is 0.861. The smallest absolute Gasteiger partial charge is 0.249 e.